The molecule has 1 aromatic carbocycles. The minimum atomic E-state index is -4.41. The average Bonchev–Trinajstić information content (AvgIpc) is 3.11. The number of thioether (sulfide) groups is 1. The van der Waals surface area contributed by atoms with Gasteiger partial charge in [-0.05, 0) is 36.6 Å². The summed E-state index contributed by atoms with van der Waals surface area (Å²) in [7, 11) is 0. The van der Waals surface area contributed by atoms with E-state index < -0.39 is 11.7 Å². The van der Waals surface area contributed by atoms with Crippen LogP contribution in [0.3, 0.4) is 0 Å². The SMILES string of the molecule is O=C1/C(=C/c2cccc(C(F)(F)F)c2)SC(=S)N1CC1CCCO1. The zero-order valence-electron chi connectivity index (χ0n) is 12.5. The van der Waals surface area contributed by atoms with Gasteiger partial charge < -0.3 is 4.74 Å². The number of alkyl halides is 3. The third-order valence-corrected chi connectivity index (χ3v) is 5.17. The summed E-state index contributed by atoms with van der Waals surface area (Å²) in [6.07, 6.45) is -1.16. The van der Waals surface area contributed by atoms with Crippen LogP contribution in [0, 0.1) is 0 Å². The first-order valence-electron chi connectivity index (χ1n) is 7.39. The highest BCUT2D eigenvalue weighted by atomic mass is 32.2. The van der Waals surface area contributed by atoms with Crippen molar-refractivity contribution in [1.29, 1.82) is 0 Å². The van der Waals surface area contributed by atoms with Crippen LogP contribution < -0.4 is 0 Å². The molecule has 24 heavy (non-hydrogen) atoms. The number of thiocarbonyl (C=S) groups is 1. The smallest absolute Gasteiger partial charge is 0.376 e. The first-order valence-corrected chi connectivity index (χ1v) is 8.61. The lowest BCUT2D eigenvalue weighted by molar-refractivity contribution is -0.137. The van der Waals surface area contributed by atoms with Gasteiger partial charge in [0.2, 0.25) is 0 Å². The molecule has 0 aromatic heterocycles. The standard InChI is InChI=1S/C16H14F3NO2S2/c17-16(18,19)11-4-1-3-10(7-11)8-13-14(21)20(15(23)24-13)9-12-5-2-6-22-12/h1,3-4,7-8,12H,2,5-6,9H2/b13-8-. The van der Waals surface area contributed by atoms with Crippen LogP contribution in [0.4, 0.5) is 13.2 Å². The largest absolute Gasteiger partial charge is 0.416 e. The molecule has 0 spiro atoms. The maximum Gasteiger partial charge on any atom is 0.416 e. The molecule has 2 fully saturated rings. The van der Waals surface area contributed by atoms with Crippen molar-refractivity contribution in [3.05, 3.63) is 40.3 Å². The van der Waals surface area contributed by atoms with Gasteiger partial charge in [0.25, 0.3) is 5.91 Å². The van der Waals surface area contributed by atoms with E-state index in [1.807, 2.05) is 0 Å². The number of ether oxygens (including phenoxy) is 1. The predicted molar refractivity (Wildman–Crippen MR) is 90.3 cm³/mol. The van der Waals surface area contributed by atoms with Gasteiger partial charge in [-0.25, -0.2) is 0 Å². The maximum absolute atomic E-state index is 12.8. The second-order valence-electron chi connectivity index (χ2n) is 5.55. The Morgan fingerprint density at radius 2 is 2.21 bits per heavy atom. The molecule has 1 atom stereocenters. The number of nitrogens with zero attached hydrogens (tertiary/aromatic N) is 1. The molecule has 1 unspecified atom stereocenters. The second-order valence-corrected chi connectivity index (χ2v) is 7.23. The molecule has 2 saturated heterocycles. The van der Waals surface area contributed by atoms with Crippen molar-refractivity contribution in [2.24, 2.45) is 0 Å². The zero-order chi connectivity index (χ0) is 17.3. The lowest BCUT2D eigenvalue weighted by Crippen LogP contribution is -2.35. The second kappa shape index (κ2) is 6.85. The Hall–Kier alpha value is -1.38. The summed E-state index contributed by atoms with van der Waals surface area (Å²) in [5.74, 6) is -0.280. The third kappa shape index (κ3) is 3.81. The van der Waals surface area contributed by atoms with E-state index in [1.165, 1.54) is 23.1 Å². The molecular formula is C16H14F3NO2S2. The molecule has 0 saturated carbocycles. The van der Waals surface area contributed by atoms with Crippen LogP contribution in [0.1, 0.15) is 24.0 Å². The van der Waals surface area contributed by atoms with Crippen molar-refractivity contribution in [1.82, 2.24) is 4.90 Å². The molecule has 0 N–H and O–H groups in total. The lowest BCUT2D eigenvalue weighted by Gasteiger charge is -2.18. The van der Waals surface area contributed by atoms with E-state index in [0.717, 1.165) is 36.7 Å². The fourth-order valence-corrected chi connectivity index (χ4v) is 3.88. The van der Waals surface area contributed by atoms with Crippen LogP contribution in [0.25, 0.3) is 6.08 Å². The fourth-order valence-electron chi connectivity index (χ4n) is 2.61. The molecule has 0 aliphatic carbocycles. The maximum atomic E-state index is 12.8. The summed E-state index contributed by atoms with van der Waals surface area (Å²) in [4.78, 5) is 14.3. The minimum Gasteiger partial charge on any atom is -0.376 e. The summed E-state index contributed by atoms with van der Waals surface area (Å²) < 4.78 is 44.2. The molecule has 0 radical (unpaired) electrons. The van der Waals surface area contributed by atoms with Crippen molar-refractivity contribution in [3.8, 4) is 0 Å². The van der Waals surface area contributed by atoms with E-state index in [-0.39, 0.29) is 12.0 Å². The van der Waals surface area contributed by atoms with Crippen LogP contribution in [0.2, 0.25) is 0 Å². The first-order chi connectivity index (χ1) is 11.3. The number of carbonyl (C=O) groups excluding carboxylic acids is 1. The summed E-state index contributed by atoms with van der Waals surface area (Å²) in [6, 6.07) is 4.87. The number of hydrogen-bond donors (Lipinski definition) is 0. The Balaban J connectivity index is 1.78. The molecule has 128 valence electrons. The van der Waals surface area contributed by atoms with Crippen LogP contribution in [-0.2, 0) is 15.7 Å². The fraction of sp³-hybridized carbons (Fsp3) is 0.375. The van der Waals surface area contributed by atoms with E-state index in [2.05, 4.69) is 0 Å². The van der Waals surface area contributed by atoms with Gasteiger partial charge in [0.1, 0.15) is 4.32 Å². The molecule has 2 aliphatic heterocycles. The molecule has 8 heteroatoms. The quantitative estimate of drug-likeness (QED) is 0.590. The molecule has 3 nitrogen and oxygen atoms in total. The summed E-state index contributed by atoms with van der Waals surface area (Å²) in [6.45, 7) is 1.07. The number of rotatable bonds is 3. The van der Waals surface area contributed by atoms with Gasteiger partial charge >= 0.3 is 6.18 Å². The summed E-state index contributed by atoms with van der Waals surface area (Å²) >= 11 is 6.33. The van der Waals surface area contributed by atoms with Gasteiger partial charge in [-0.15, -0.1) is 0 Å². The monoisotopic (exact) mass is 373 g/mol. The van der Waals surface area contributed by atoms with Crippen molar-refractivity contribution in [3.63, 3.8) is 0 Å². The van der Waals surface area contributed by atoms with E-state index in [1.54, 1.807) is 0 Å². The van der Waals surface area contributed by atoms with Crippen molar-refractivity contribution in [2.45, 2.75) is 25.1 Å². The van der Waals surface area contributed by atoms with E-state index in [0.29, 0.717) is 27.9 Å². The molecule has 0 bridgehead atoms. The molecule has 1 amide bonds. The average molecular weight is 373 g/mol. The van der Waals surface area contributed by atoms with Crippen molar-refractivity contribution >= 4 is 40.3 Å². The van der Waals surface area contributed by atoms with Crippen molar-refractivity contribution < 1.29 is 22.7 Å². The topological polar surface area (TPSA) is 29.5 Å². The normalized spacial score (nSPS) is 23.5. The van der Waals surface area contributed by atoms with Crippen LogP contribution in [0.5, 0.6) is 0 Å². The first kappa shape index (κ1) is 17.4. The van der Waals surface area contributed by atoms with Gasteiger partial charge in [-0.1, -0.05) is 36.1 Å². The van der Waals surface area contributed by atoms with Crippen LogP contribution in [0.15, 0.2) is 29.2 Å². The van der Waals surface area contributed by atoms with Crippen LogP contribution >= 0.6 is 24.0 Å². The molecule has 1 aromatic rings. The van der Waals surface area contributed by atoms with Gasteiger partial charge in [0.15, 0.2) is 0 Å². The third-order valence-electron chi connectivity index (χ3n) is 3.80. The Labute approximate surface area is 146 Å². The summed E-state index contributed by atoms with van der Waals surface area (Å²) in [5.41, 5.74) is -0.423. The van der Waals surface area contributed by atoms with E-state index >= 15 is 0 Å². The summed E-state index contributed by atoms with van der Waals surface area (Å²) in [5, 5.41) is 0. The van der Waals surface area contributed by atoms with Gasteiger partial charge in [0.05, 0.1) is 23.1 Å². The Morgan fingerprint density at radius 1 is 1.42 bits per heavy atom. The molecule has 3 rings (SSSR count). The number of benzene rings is 1. The highest BCUT2D eigenvalue weighted by molar-refractivity contribution is 8.26. The lowest BCUT2D eigenvalue weighted by atomic mass is 10.1. The zero-order valence-corrected chi connectivity index (χ0v) is 14.1. The predicted octanol–water partition coefficient (Wildman–Crippen LogP) is 4.09. The van der Waals surface area contributed by atoms with Gasteiger partial charge in [-0.2, -0.15) is 13.2 Å². The highest BCUT2D eigenvalue weighted by Gasteiger charge is 2.35. The molecule has 2 aliphatic rings. The Morgan fingerprint density at radius 3 is 2.88 bits per heavy atom. The number of amides is 1. The molecule has 2 heterocycles. The molecular weight excluding hydrogens is 359 g/mol. The minimum absolute atomic E-state index is 0.0274. The van der Waals surface area contributed by atoms with E-state index in [4.69, 9.17) is 17.0 Å². The number of halogens is 3. The van der Waals surface area contributed by atoms with E-state index in [9.17, 15) is 18.0 Å². The van der Waals surface area contributed by atoms with Crippen LogP contribution in [-0.4, -0.2) is 34.4 Å². The van der Waals surface area contributed by atoms with Gasteiger partial charge in [-0.3, -0.25) is 9.69 Å². The number of hydrogen-bond acceptors (Lipinski definition) is 4. The Bertz CT molecular complexity index is 697. The van der Waals surface area contributed by atoms with Gasteiger partial charge in [0, 0.05) is 6.61 Å². The van der Waals surface area contributed by atoms with Crippen molar-refractivity contribution in [2.75, 3.05) is 13.2 Å². The Kier molecular flexibility index (Phi) is 4.98. The highest BCUT2D eigenvalue weighted by Crippen LogP contribution is 2.35. The number of carbonyl (C=O) groups is 1.